The van der Waals surface area contributed by atoms with Gasteiger partial charge in [0.2, 0.25) is 5.82 Å². The van der Waals surface area contributed by atoms with Crippen LogP contribution >= 0.6 is 0 Å². The lowest BCUT2D eigenvalue weighted by Gasteiger charge is -2.31. The van der Waals surface area contributed by atoms with E-state index in [4.69, 9.17) is 0 Å². The molecule has 0 aliphatic heterocycles. The van der Waals surface area contributed by atoms with Gasteiger partial charge in [-0.05, 0) is 38.5 Å². The molecule has 1 heterocycles. The van der Waals surface area contributed by atoms with Crippen molar-refractivity contribution < 1.29 is 0 Å². The summed E-state index contributed by atoms with van der Waals surface area (Å²) in [6.45, 7) is 9.77. The molecular weight excluding hydrogens is 238 g/mol. The van der Waals surface area contributed by atoms with Crippen LogP contribution in [0.1, 0.15) is 33.3 Å². The maximum Gasteiger partial charge on any atom is 0.204 e. The molecule has 0 aliphatic rings. The smallest absolute Gasteiger partial charge is 0.204 e. The van der Waals surface area contributed by atoms with Gasteiger partial charge in [0.1, 0.15) is 0 Å². The van der Waals surface area contributed by atoms with Crippen molar-refractivity contribution in [2.24, 2.45) is 0 Å². The zero-order valence-electron chi connectivity index (χ0n) is 12.0. The predicted octanol–water partition coefficient (Wildman–Crippen LogP) is 2.49. The normalized spacial score (nSPS) is 11.7. The highest BCUT2D eigenvalue weighted by atomic mass is 15.5. The van der Waals surface area contributed by atoms with Crippen molar-refractivity contribution in [3.8, 4) is 11.4 Å². The fraction of sp³-hybridized carbons (Fsp3) is 0.500. The second-order valence-corrected chi connectivity index (χ2v) is 5.25. The van der Waals surface area contributed by atoms with Crippen molar-refractivity contribution in [1.29, 1.82) is 0 Å². The Morgan fingerprint density at radius 3 is 2.37 bits per heavy atom. The number of H-pyrrole nitrogens is 1. The van der Waals surface area contributed by atoms with E-state index in [0.29, 0.717) is 17.9 Å². The Hall–Kier alpha value is -1.75. The van der Waals surface area contributed by atoms with Crippen LogP contribution < -0.4 is 0 Å². The topological polar surface area (TPSA) is 57.7 Å². The Bertz CT molecular complexity index is 496. The molecule has 1 aromatic heterocycles. The molecule has 0 unspecified atom stereocenters. The highest BCUT2D eigenvalue weighted by molar-refractivity contribution is 5.59. The summed E-state index contributed by atoms with van der Waals surface area (Å²) in [5, 5.41) is 14.3. The van der Waals surface area contributed by atoms with E-state index in [-0.39, 0.29) is 0 Å². The molecule has 0 atom stereocenters. The molecule has 0 aliphatic carbocycles. The van der Waals surface area contributed by atoms with E-state index in [2.05, 4.69) is 65.4 Å². The van der Waals surface area contributed by atoms with Gasteiger partial charge in [0.15, 0.2) is 0 Å². The maximum absolute atomic E-state index is 4.08. The van der Waals surface area contributed by atoms with Crippen LogP contribution in [-0.4, -0.2) is 37.6 Å². The molecule has 0 saturated heterocycles. The van der Waals surface area contributed by atoms with Crippen LogP contribution in [0.5, 0.6) is 0 Å². The molecule has 0 radical (unpaired) electrons. The van der Waals surface area contributed by atoms with Crippen molar-refractivity contribution in [2.75, 3.05) is 0 Å². The summed E-state index contributed by atoms with van der Waals surface area (Å²) < 4.78 is 0. The predicted molar refractivity (Wildman–Crippen MR) is 75.4 cm³/mol. The van der Waals surface area contributed by atoms with Gasteiger partial charge in [-0.2, -0.15) is 5.21 Å². The van der Waals surface area contributed by atoms with Gasteiger partial charge in [0.05, 0.1) is 0 Å². The van der Waals surface area contributed by atoms with Crippen LogP contribution in [0.25, 0.3) is 11.4 Å². The Morgan fingerprint density at radius 2 is 1.79 bits per heavy atom. The number of tetrazole rings is 1. The van der Waals surface area contributed by atoms with Crippen molar-refractivity contribution >= 4 is 0 Å². The summed E-state index contributed by atoms with van der Waals surface area (Å²) in [7, 11) is 0. The number of nitrogens with zero attached hydrogens (tertiary/aromatic N) is 4. The molecule has 0 spiro atoms. The molecule has 0 fully saturated rings. The minimum absolute atomic E-state index is 0.498. The molecule has 0 bridgehead atoms. The Morgan fingerprint density at radius 1 is 1.11 bits per heavy atom. The first kappa shape index (κ1) is 13.7. The van der Waals surface area contributed by atoms with E-state index in [1.165, 1.54) is 5.56 Å². The van der Waals surface area contributed by atoms with Crippen molar-refractivity contribution in [2.45, 2.75) is 46.3 Å². The van der Waals surface area contributed by atoms with Gasteiger partial charge < -0.3 is 0 Å². The number of hydrogen-bond acceptors (Lipinski definition) is 4. The molecule has 5 nitrogen and oxygen atoms in total. The van der Waals surface area contributed by atoms with Gasteiger partial charge in [-0.15, -0.1) is 10.2 Å². The molecule has 102 valence electrons. The first-order valence-corrected chi connectivity index (χ1v) is 6.67. The number of rotatable bonds is 5. The minimum Gasteiger partial charge on any atom is -0.294 e. The maximum atomic E-state index is 4.08. The molecule has 5 heteroatoms. The van der Waals surface area contributed by atoms with E-state index < -0.39 is 0 Å². The summed E-state index contributed by atoms with van der Waals surface area (Å²) in [4.78, 5) is 2.44. The van der Waals surface area contributed by atoms with E-state index in [1.54, 1.807) is 0 Å². The van der Waals surface area contributed by atoms with Crippen LogP contribution in [0.3, 0.4) is 0 Å². The zero-order chi connectivity index (χ0) is 13.8. The third kappa shape index (κ3) is 3.17. The van der Waals surface area contributed by atoms with Crippen LogP contribution in [0.2, 0.25) is 0 Å². The number of benzene rings is 1. The first-order chi connectivity index (χ1) is 9.09. The third-order valence-electron chi connectivity index (χ3n) is 3.28. The highest BCUT2D eigenvalue weighted by Gasteiger charge is 2.17. The molecule has 2 rings (SSSR count). The van der Waals surface area contributed by atoms with Crippen LogP contribution in [0.4, 0.5) is 0 Å². The molecule has 1 N–H and O–H groups in total. The summed E-state index contributed by atoms with van der Waals surface area (Å²) in [6, 6.07) is 9.22. The number of hydrogen-bond donors (Lipinski definition) is 1. The second-order valence-electron chi connectivity index (χ2n) is 5.25. The minimum atomic E-state index is 0.498. The van der Waals surface area contributed by atoms with Crippen LogP contribution in [0, 0.1) is 0 Å². The molecular formula is C14H21N5. The van der Waals surface area contributed by atoms with Gasteiger partial charge in [-0.3, -0.25) is 4.90 Å². The lowest BCUT2D eigenvalue weighted by atomic mass is 10.0. The third-order valence-corrected chi connectivity index (χ3v) is 3.28. The average Bonchev–Trinajstić information content (AvgIpc) is 2.89. The van der Waals surface area contributed by atoms with Crippen LogP contribution in [0.15, 0.2) is 24.3 Å². The fourth-order valence-electron chi connectivity index (χ4n) is 2.31. The quantitative estimate of drug-likeness (QED) is 0.896. The largest absolute Gasteiger partial charge is 0.294 e. The Kier molecular flexibility index (Phi) is 4.27. The number of aromatic nitrogens is 4. The summed E-state index contributed by atoms with van der Waals surface area (Å²) in [6.07, 6.45) is 0. The SMILES string of the molecule is CC(C)N(Cc1ccccc1-c1nn[nH]n1)C(C)C. The lowest BCUT2D eigenvalue weighted by Crippen LogP contribution is -2.36. The summed E-state index contributed by atoms with van der Waals surface area (Å²) in [5.41, 5.74) is 2.27. The molecule has 0 saturated carbocycles. The molecule has 2 aromatic rings. The van der Waals surface area contributed by atoms with E-state index >= 15 is 0 Å². The standard InChI is InChI=1S/C14H21N5/c1-10(2)19(11(3)4)9-12-7-5-6-8-13(12)14-15-17-18-16-14/h5-8,10-11H,9H2,1-4H3,(H,15,16,17,18). The van der Waals surface area contributed by atoms with Gasteiger partial charge in [-0.25, -0.2) is 0 Å². The van der Waals surface area contributed by atoms with Gasteiger partial charge in [0, 0.05) is 24.2 Å². The monoisotopic (exact) mass is 259 g/mol. The van der Waals surface area contributed by atoms with Crippen molar-refractivity contribution in [3.63, 3.8) is 0 Å². The number of aromatic amines is 1. The average molecular weight is 259 g/mol. The van der Waals surface area contributed by atoms with E-state index in [1.807, 2.05) is 12.1 Å². The Balaban J connectivity index is 2.30. The fourth-order valence-corrected chi connectivity index (χ4v) is 2.31. The lowest BCUT2D eigenvalue weighted by molar-refractivity contribution is 0.166. The highest BCUT2D eigenvalue weighted by Crippen LogP contribution is 2.22. The molecule has 0 amide bonds. The number of nitrogens with one attached hydrogen (secondary N) is 1. The second kappa shape index (κ2) is 5.93. The van der Waals surface area contributed by atoms with Crippen molar-refractivity contribution in [1.82, 2.24) is 25.5 Å². The van der Waals surface area contributed by atoms with Crippen LogP contribution in [-0.2, 0) is 6.54 Å². The van der Waals surface area contributed by atoms with Gasteiger partial charge >= 0.3 is 0 Å². The first-order valence-electron chi connectivity index (χ1n) is 6.67. The zero-order valence-corrected chi connectivity index (χ0v) is 12.0. The van der Waals surface area contributed by atoms with E-state index in [0.717, 1.165) is 12.1 Å². The molecule has 1 aromatic carbocycles. The van der Waals surface area contributed by atoms with Gasteiger partial charge in [0.25, 0.3) is 0 Å². The Labute approximate surface area is 114 Å². The van der Waals surface area contributed by atoms with Gasteiger partial charge in [-0.1, -0.05) is 24.3 Å². The van der Waals surface area contributed by atoms with Crippen molar-refractivity contribution in [3.05, 3.63) is 29.8 Å². The van der Waals surface area contributed by atoms with E-state index in [9.17, 15) is 0 Å². The molecule has 19 heavy (non-hydrogen) atoms. The summed E-state index contributed by atoms with van der Waals surface area (Å²) in [5.74, 6) is 0.656. The summed E-state index contributed by atoms with van der Waals surface area (Å²) >= 11 is 0.